The van der Waals surface area contributed by atoms with Crippen LogP contribution in [0.4, 0.5) is 5.95 Å². The van der Waals surface area contributed by atoms with Gasteiger partial charge < -0.3 is 10.4 Å². The largest absolute Gasteiger partial charge is 0.477 e. The van der Waals surface area contributed by atoms with E-state index in [0.29, 0.717) is 13.0 Å². The Morgan fingerprint density at radius 3 is 2.82 bits per heavy atom. The van der Waals surface area contributed by atoms with E-state index in [-0.39, 0.29) is 17.4 Å². The van der Waals surface area contributed by atoms with E-state index in [4.69, 9.17) is 10.2 Å². The molecule has 17 heavy (non-hydrogen) atoms. The molecule has 1 heterocycles. The molecular formula is C8H12N4O4S. The Morgan fingerprint density at radius 2 is 2.24 bits per heavy atom. The zero-order chi connectivity index (χ0) is 12.9. The third kappa shape index (κ3) is 5.22. The van der Waals surface area contributed by atoms with Crippen molar-refractivity contribution in [3.05, 3.63) is 18.0 Å². The van der Waals surface area contributed by atoms with E-state index < -0.39 is 16.0 Å². The molecule has 4 N–H and O–H groups in total. The van der Waals surface area contributed by atoms with Gasteiger partial charge in [-0.25, -0.2) is 28.3 Å². The number of hydrogen-bond acceptors (Lipinski definition) is 6. The second-order valence-corrected chi connectivity index (χ2v) is 4.95. The average molecular weight is 260 g/mol. The lowest BCUT2D eigenvalue weighted by Gasteiger charge is -2.04. The number of carboxylic acids is 1. The summed E-state index contributed by atoms with van der Waals surface area (Å²) in [6, 6.07) is 1.26. The molecule has 0 unspecified atom stereocenters. The van der Waals surface area contributed by atoms with Crippen molar-refractivity contribution < 1.29 is 18.3 Å². The van der Waals surface area contributed by atoms with Crippen LogP contribution < -0.4 is 10.5 Å². The smallest absolute Gasteiger partial charge is 0.354 e. The SMILES string of the molecule is NS(=O)(=O)CCCNc1nccc(C(=O)O)n1. The normalized spacial score (nSPS) is 11.1. The highest BCUT2D eigenvalue weighted by molar-refractivity contribution is 7.89. The van der Waals surface area contributed by atoms with Gasteiger partial charge in [-0.1, -0.05) is 0 Å². The quantitative estimate of drug-likeness (QED) is 0.573. The Hall–Kier alpha value is -1.74. The molecule has 0 aliphatic carbocycles. The van der Waals surface area contributed by atoms with Crippen molar-refractivity contribution in [2.75, 3.05) is 17.6 Å². The molecule has 0 atom stereocenters. The molecule has 0 saturated carbocycles. The standard InChI is InChI=1S/C8H12N4O4S/c9-17(15,16)5-1-3-10-8-11-4-2-6(12-8)7(13)14/h2,4H,1,3,5H2,(H,13,14)(H2,9,15,16)(H,10,11,12). The number of primary sulfonamides is 1. The Balaban J connectivity index is 2.47. The minimum absolute atomic E-state index is 0.131. The van der Waals surface area contributed by atoms with Gasteiger partial charge in [0.2, 0.25) is 16.0 Å². The lowest BCUT2D eigenvalue weighted by atomic mass is 10.4. The fraction of sp³-hybridized carbons (Fsp3) is 0.375. The highest BCUT2D eigenvalue weighted by Crippen LogP contribution is 2.00. The Kier molecular flexibility index (Phi) is 4.35. The Morgan fingerprint density at radius 1 is 1.53 bits per heavy atom. The molecule has 0 spiro atoms. The molecule has 0 amide bonds. The minimum Gasteiger partial charge on any atom is -0.477 e. The van der Waals surface area contributed by atoms with Crippen LogP contribution in [-0.2, 0) is 10.0 Å². The number of carboxylic acid groups (broad SMARTS) is 1. The summed E-state index contributed by atoms with van der Waals surface area (Å²) in [5.41, 5.74) is -0.131. The van der Waals surface area contributed by atoms with Gasteiger partial charge in [0.05, 0.1) is 5.75 Å². The number of aromatic nitrogens is 2. The monoisotopic (exact) mass is 260 g/mol. The van der Waals surface area contributed by atoms with Crippen LogP contribution in [-0.4, -0.2) is 41.8 Å². The number of nitrogens with zero attached hydrogens (tertiary/aromatic N) is 2. The number of anilines is 1. The third-order valence-corrected chi connectivity index (χ3v) is 2.62. The van der Waals surface area contributed by atoms with Crippen LogP contribution in [0.3, 0.4) is 0 Å². The Bertz CT molecular complexity index is 502. The van der Waals surface area contributed by atoms with Crippen molar-refractivity contribution >= 4 is 21.9 Å². The molecule has 1 rings (SSSR count). The highest BCUT2D eigenvalue weighted by Gasteiger charge is 2.06. The van der Waals surface area contributed by atoms with E-state index in [2.05, 4.69) is 15.3 Å². The van der Waals surface area contributed by atoms with Gasteiger partial charge >= 0.3 is 5.97 Å². The van der Waals surface area contributed by atoms with Crippen LogP contribution in [0.5, 0.6) is 0 Å². The molecule has 94 valence electrons. The van der Waals surface area contributed by atoms with E-state index >= 15 is 0 Å². The number of rotatable bonds is 6. The second kappa shape index (κ2) is 5.55. The first-order valence-corrected chi connectivity index (χ1v) is 6.41. The van der Waals surface area contributed by atoms with E-state index in [1.807, 2.05) is 0 Å². The topological polar surface area (TPSA) is 135 Å². The summed E-state index contributed by atoms with van der Waals surface area (Å²) in [6.45, 7) is 0.291. The van der Waals surface area contributed by atoms with Crippen molar-refractivity contribution in [1.82, 2.24) is 9.97 Å². The third-order valence-electron chi connectivity index (χ3n) is 1.76. The molecule has 0 radical (unpaired) electrons. The Labute approximate surface area is 97.9 Å². The van der Waals surface area contributed by atoms with Crippen LogP contribution in [0.2, 0.25) is 0 Å². The predicted octanol–water partition coefficient (Wildman–Crippen LogP) is -0.735. The van der Waals surface area contributed by atoms with Crippen LogP contribution in [0.25, 0.3) is 0 Å². The molecule has 0 fully saturated rings. The molecule has 0 saturated heterocycles. The van der Waals surface area contributed by atoms with E-state index in [0.717, 1.165) is 0 Å². The number of hydrogen-bond donors (Lipinski definition) is 3. The van der Waals surface area contributed by atoms with Gasteiger partial charge in [-0.15, -0.1) is 0 Å². The van der Waals surface area contributed by atoms with Crippen LogP contribution in [0.15, 0.2) is 12.3 Å². The first kappa shape index (κ1) is 13.3. The maximum atomic E-state index is 10.6. The van der Waals surface area contributed by atoms with Gasteiger partial charge in [0.1, 0.15) is 0 Å². The van der Waals surface area contributed by atoms with Gasteiger partial charge in [-0.05, 0) is 12.5 Å². The van der Waals surface area contributed by atoms with Crippen molar-refractivity contribution in [3.63, 3.8) is 0 Å². The summed E-state index contributed by atoms with van der Waals surface area (Å²) >= 11 is 0. The number of carbonyl (C=O) groups is 1. The number of nitrogens with two attached hydrogens (primary N) is 1. The molecular weight excluding hydrogens is 248 g/mol. The fourth-order valence-electron chi connectivity index (χ4n) is 1.04. The summed E-state index contributed by atoms with van der Waals surface area (Å²) in [5, 5.41) is 16.2. The number of aromatic carboxylic acids is 1. The van der Waals surface area contributed by atoms with Gasteiger partial charge in [0, 0.05) is 12.7 Å². The summed E-state index contributed by atoms with van der Waals surface area (Å²) in [6.07, 6.45) is 1.60. The van der Waals surface area contributed by atoms with Crippen LogP contribution in [0, 0.1) is 0 Å². The average Bonchev–Trinajstić information content (AvgIpc) is 2.23. The number of sulfonamides is 1. The zero-order valence-corrected chi connectivity index (χ0v) is 9.64. The van der Waals surface area contributed by atoms with E-state index in [1.54, 1.807) is 0 Å². The molecule has 1 aromatic rings. The molecule has 8 nitrogen and oxygen atoms in total. The van der Waals surface area contributed by atoms with Gasteiger partial charge in [-0.3, -0.25) is 0 Å². The first-order chi connectivity index (χ1) is 7.88. The van der Waals surface area contributed by atoms with E-state index in [1.165, 1.54) is 12.3 Å². The zero-order valence-electron chi connectivity index (χ0n) is 8.83. The lowest BCUT2D eigenvalue weighted by molar-refractivity contribution is 0.0690. The second-order valence-electron chi connectivity index (χ2n) is 3.22. The number of nitrogens with one attached hydrogen (secondary N) is 1. The van der Waals surface area contributed by atoms with Gasteiger partial charge in [-0.2, -0.15) is 0 Å². The van der Waals surface area contributed by atoms with Crippen molar-refractivity contribution in [3.8, 4) is 0 Å². The van der Waals surface area contributed by atoms with Crippen molar-refractivity contribution in [2.45, 2.75) is 6.42 Å². The van der Waals surface area contributed by atoms with Crippen molar-refractivity contribution in [2.24, 2.45) is 5.14 Å². The molecule has 0 bridgehead atoms. The van der Waals surface area contributed by atoms with Crippen molar-refractivity contribution in [1.29, 1.82) is 0 Å². The lowest BCUT2D eigenvalue weighted by Crippen LogP contribution is -2.19. The highest BCUT2D eigenvalue weighted by atomic mass is 32.2. The summed E-state index contributed by atoms with van der Waals surface area (Å²) in [4.78, 5) is 18.1. The summed E-state index contributed by atoms with van der Waals surface area (Å²) < 4.78 is 21.3. The van der Waals surface area contributed by atoms with Gasteiger partial charge in [0.25, 0.3) is 0 Å². The minimum atomic E-state index is -3.48. The van der Waals surface area contributed by atoms with E-state index in [9.17, 15) is 13.2 Å². The molecule has 0 aliphatic rings. The summed E-state index contributed by atoms with van der Waals surface area (Å²) in [5.74, 6) is -1.17. The molecule has 0 aliphatic heterocycles. The first-order valence-electron chi connectivity index (χ1n) is 4.69. The maximum absolute atomic E-state index is 10.6. The van der Waals surface area contributed by atoms with Gasteiger partial charge in [0.15, 0.2) is 5.69 Å². The van der Waals surface area contributed by atoms with Crippen LogP contribution in [0.1, 0.15) is 16.9 Å². The van der Waals surface area contributed by atoms with Crippen LogP contribution >= 0.6 is 0 Å². The fourth-order valence-corrected chi connectivity index (χ4v) is 1.58. The molecule has 1 aromatic heterocycles. The molecule has 0 aromatic carbocycles. The predicted molar refractivity (Wildman–Crippen MR) is 60.1 cm³/mol. The summed E-state index contributed by atoms with van der Waals surface area (Å²) in [7, 11) is -3.48. The maximum Gasteiger partial charge on any atom is 0.354 e. The molecule has 9 heteroatoms.